The molecule has 0 bridgehead atoms. The average molecular weight is 324 g/mol. The fourth-order valence-electron chi connectivity index (χ4n) is 3.50. The van der Waals surface area contributed by atoms with Crippen molar-refractivity contribution in [3.05, 3.63) is 59.2 Å². The zero-order valence-electron chi connectivity index (χ0n) is 14.2. The third-order valence-corrected chi connectivity index (χ3v) is 4.79. The van der Waals surface area contributed by atoms with Gasteiger partial charge in [-0.2, -0.15) is 0 Å². The summed E-state index contributed by atoms with van der Waals surface area (Å²) in [6.45, 7) is 0.397. The number of ether oxygens (including phenoxy) is 2. The zero-order valence-corrected chi connectivity index (χ0v) is 14.2. The molecule has 1 aliphatic rings. The van der Waals surface area contributed by atoms with E-state index in [9.17, 15) is 4.79 Å². The fourth-order valence-corrected chi connectivity index (χ4v) is 3.50. The third kappa shape index (κ3) is 3.78. The van der Waals surface area contributed by atoms with Crippen LogP contribution in [0.4, 0.5) is 0 Å². The summed E-state index contributed by atoms with van der Waals surface area (Å²) in [5, 5.41) is 0. The summed E-state index contributed by atoms with van der Waals surface area (Å²) in [7, 11) is 1.63. The molecule has 1 fully saturated rings. The number of rotatable bonds is 6. The van der Waals surface area contributed by atoms with Gasteiger partial charge in [0.2, 0.25) is 0 Å². The van der Waals surface area contributed by atoms with Gasteiger partial charge in [0.1, 0.15) is 24.4 Å². The SMILES string of the molecule is COc1ccc(C=O)cc1COc1ccccc1C1CCCCC1. The second kappa shape index (κ2) is 8.00. The van der Waals surface area contributed by atoms with E-state index in [4.69, 9.17) is 9.47 Å². The van der Waals surface area contributed by atoms with E-state index in [1.807, 2.05) is 24.3 Å². The van der Waals surface area contributed by atoms with E-state index in [0.29, 0.717) is 18.1 Å². The van der Waals surface area contributed by atoms with Gasteiger partial charge in [0, 0.05) is 11.1 Å². The van der Waals surface area contributed by atoms with Crippen LogP contribution in [-0.4, -0.2) is 13.4 Å². The molecule has 3 heteroatoms. The van der Waals surface area contributed by atoms with Crippen molar-refractivity contribution in [2.45, 2.75) is 44.6 Å². The molecule has 24 heavy (non-hydrogen) atoms. The molecule has 126 valence electrons. The van der Waals surface area contributed by atoms with Gasteiger partial charge in [0.25, 0.3) is 0 Å². The highest BCUT2D eigenvalue weighted by Crippen LogP contribution is 2.37. The van der Waals surface area contributed by atoms with E-state index < -0.39 is 0 Å². The Balaban J connectivity index is 1.78. The van der Waals surface area contributed by atoms with Gasteiger partial charge in [0.15, 0.2) is 0 Å². The van der Waals surface area contributed by atoms with Crippen molar-refractivity contribution in [1.29, 1.82) is 0 Å². The number of para-hydroxylation sites is 1. The van der Waals surface area contributed by atoms with Crippen molar-refractivity contribution in [2.75, 3.05) is 7.11 Å². The standard InChI is InChI=1S/C21H24O3/c1-23-20-12-11-16(14-22)13-18(20)15-24-21-10-6-5-9-19(21)17-7-3-2-4-8-17/h5-6,9-14,17H,2-4,7-8,15H2,1H3. The molecule has 0 aromatic heterocycles. The van der Waals surface area contributed by atoms with Crippen molar-refractivity contribution in [3.8, 4) is 11.5 Å². The minimum Gasteiger partial charge on any atom is -0.496 e. The number of carbonyl (C=O) groups excluding carboxylic acids is 1. The maximum Gasteiger partial charge on any atom is 0.150 e. The first-order valence-corrected chi connectivity index (χ1v) is 8.65. The molecule has 2 aromatic rings. The molecule has 0 atom stereocenters. The normalized spacial score (nSPS) is 15.0. The lowest BCUT2D eigenvalue weighted by Gasteiger charge is -2.24. The van der Waals surface area contributed by atoms with Crippen LogP contribution in [0.5, 0.6) is 11.5 Å². The molecule has 0 saturated heterocycles. The minimum atomic E-state index is 0.397. The quantitative estimate of drug-likeness (QED) is 0.691. The maximum absolute atomic E-state index is 11.0. The number of methoxy groups -OCH3 is 1. The Labute approximate surface area is 143 Å². The largest absolute Gasteiger partial charge is 0.496 e. The van der Waals surface area contributed by atoms with Crippen molar-refractivity contribution < 1.29 is 14.3 Å². The molecule has 0 amide bonds. The predicted molar refractivity (Wildman–Crippen MR) is 95.0 cm³/mol. The number of hydrogen-bond acceptors (Lipinski definition) is 3. The van der Waals surface area contributed by atoms with Gasteiger partial charge >= 0.3 is 0 Å². The minimum absolute atomic E-state index is 0.397. The van der Waals surface area contributed by atoms with Gasteiger partial charge < -0.3 is 9.47 Å². The summed E-state index contributed by atoms with van der Waals surface area (Å²) in [4.78, 5) is 11.0. The van der Waals surface area contributed by atoms with Crippen LogP contribution in [0, 0.1) is 0 Å². The lowest BCUT2D eigenvalue weighted by atomic mass is 9.84. The first kappa shape index (κ1) is 16.6. The van der Waals surface area contributed by atoms with Crippen LogP contribution in [0.15, 0.2) is 42.5 Å². The summed E-state index contributed by atoms with van der Waals surface area (Å²) >= 11 is 0. The molecule has 0 N–H and O–H groups in total. The molecule has 1 saturated carbocycles. The molecule has 0 aliphatic heterocycles. The van der Waals surface area contributed by atoms with Crippen molar-refractivity contribution >= 4 is 6.29 Å². The third-order valence-electron chi connectivity index (χ3n) is 4.79. The fraction of sp³-hybridized carbons (Fsp3) is 0.381. The van der Waals surface area contributed by atoms with Gasteiger partial charge in [0.05, 0.1) is 7.11 Å². The Kier molecular flexibility index (Phi) is 5.52. The lowest BCUT2D eigenvalue weighted by molar-refractivity contribution is 0.112. The van der Waals surface area contributed by atoms with E-state index in [2.05, 4.69) is 12.1 Å². The topological polar surface area (TPSA) is 35.5 Å². The Morgan fingerprint density at radius 2 is 1.83 bits per heavy atom. The zero-order chi connectivity index (χ0) is 16.8. The summed E-state index contributed by atoms with van der Waals surface area (Å²) < 4.78 is 11.5. The van der Waals surface area contributed by atoms with Crippen molar-refractivity contribution in [3.63, 3.8) is 0 Å². The molecular weight excluding hydrogens is 300 g/mol. The van der Waals surface area contributed by atoms with Crippen molar-refractivity contribution in [2.24, 2.45) is 0 Å². The molecule has 3 rings (SSSR count). The Hall–Kier alpha value is -2.29. The second-order valence-corrected chi connectivity index (χ2v) is 6.35. The van der Waals surface area contributed by atoms with Crippen LogP contribution >= 0.6 is 0 Å². The summed E-state index contributed by atoms with van der Waals surface area (Å²) in [5.41, 5.74) is 2.83. The van der Waals surface area contributed by atoms with E-state index >= 15 is 0 Å². The van der Waals surface area contributed by atoms with E-state index in [0.717, 1.165) is 23.3 Å². The van der Waals surface area contributed by atoms with Crippen LogP contribution in [0.3, 0.4) is 0 Å². The summed E-state index contributed by atoms with van der Waals surface area (Å²) in [6, 6.07) is 13.7. The van der Waals surface area contributed by atoms with Crippen LogP contribution in [0.1, 0.15) is 59.5 Å². The highest BCUT2D eigenvalue weighted by molar-refractivity contribution is 5.75. The number of benzene rings is 2. The van der Waals surface area contributed by atoms with Gasteiger partial charge in [-0.1, -0.05) is 37.5 Å². The van der Waals surface area contributed by atoms with Crippen molar-refractivity contribution in [1.82, 2.24) is 0 Å². The maximum atomic E-state index is 11.0. The highest BCUT2D eigenvalue weighted by atomic mass is 16.5. The number of aldehydes is 1. The molecule has 0 heterocycles. The molecule has 0 radical (unpaired) electrons. The molecule has 0 unspecified atom stereocenters. The summed E-state index contributed by atoms with van der Waals surface area (Å²) in [5.74, 6) is 2.29. The second-order valence-electron chi connectivity index (χ2n) is 6.35. The van der Waals surface area contributed by atoms with Gasteiger partial charge in [-0.3, -0.25) is 4.79 Å². The van der Waals surface area contributed by atoms with Gasteiger partial charge in [-0.25, -0.2) is 0 Å². The smallest absolute Gasteiger partial charge is 0.150 e. The van der Waals surface area contributed by atoms with E-state index in [-0.39, 0.29) is 0 Å². The molecular formula is C21H24O3. The first-order valence-electron chi connectivity index (χ1n) is 8.65. The molecule has 2 aromatic carbocycles. The molecule has 3 nitrogen and oxygen atoms in total. The molecule has 1 aliphatic carbocycles. The van der Waals surface area contributed by atoms with Crippen LogP contribution in [0.2, 0.25) is 0 Å². The monoisotopic (exact) mass is 324 g/mol. The van der Waals surface area contributed by atoms with Gasteiger partial charge in [-0.05, 0) is 48.6 Å². The van der Waals surface area contributed by atoms with Crippen LogP contribution < -0.4 is 9.47 Å². The van der Waals surface area contributed by atoms with Crippen LogP contribution in [-0.2, 0) is 6.61 Å². The first-order chi connectivity index (χ1) is 11.8. The van der Waals surface area contributed by atoms with Crippen LogP contribution in [0.25, 0.3) is 0 Å². The van der Waals surface area contributed by atoms with E-state index in [1.54, 1.807) is 13.2 Å². The predicted octanol–water partition coefficient (Wildman–Crippen LogP) is 5.13. The Morgan fingerprint density at radius 1 is 1.04 bits per heavy atom. The highest BCUT2D eigenvalue weighted by Gasteiger charge is 2.19. The average Bonchev–Trinajstić information content (AvgIpc) is 2.67. The summed E-state index contributed by atoms with van der Waals surface area (Å²) in [6.07, 6.45) is 7.27. The lowest BCUT2D eigenvalue weighted by Crippen LogP contribution is -2.07. The van der Waals surface area contributed by atoms with Gasteiger partial charge in [-0.15, -0.1) is 0 Å². The number of carbonyl (C=O) groups is 1. The Morgan fingerprint density at radius 3 is 2.58 bits per heavy atom. The molecule has 0 spiro atoms. The van der Waals surface area contributed by atoms with E-state index in [1.165, 1.54) is 37.7 Å². The Bertz CT molecular complexity index is 687. The number of hydrogen-bond donors (Lipinski definition) is 0.